The Morgan fingerprint density at radius 1 is 1.12 bits per heavy atom. The van der Waals surface area contributed by atoms with Crippen LogP contribution in [0.25, 0.3) is 22.4 Å². The molecule has 0 aliphatic carbocycles. The molecule has 32 heavy (non-hydrogen) atoms. The molecule has 0 atom stereocenters. The van der Waals surface area contributed by atoms with Gasteiger partial charge in [0.15, 0.2) is 17.1 Å². The lowest BCUT2D eigenvalue weighted by Gasteiger charge is -2.25. The zero-order valence-electron chi connectivity index (χ0n) is 16.5. The first-order valence-electron chi connectivity index (χ1n) is 9.44. The van der Waals surface area contributed by atoms with E-state index in [0.717, 1.165) is 6.07 Å². The molecule has 0 unspecified atom stereocenters. The zero-order valence-corrected chi connectivity index (χ0v) is 17.3. The van der Waals surface area contributed by atoms with Gasteiger partial charge >= 0.3 is 6.18 Å². The fourth-order valence-electron chi connectivity index (χ4n) is 3.55. The van der Waals surface area contributed by atoms with Gasteiger partial charge in [0.2, 0.25) is 0 Å². The molecule has 1 aliphatic rings. The molecule has 4 aromatic rings. The van der Waals surface area contributed by atoms with Crippen molar-refractivity contribution in [3.63, 3.8) is 0 Å². The van der Waals surface area contributed by atoms with Crippen molar-refractivity contribution in [1.29, 1.82) is 0 Å². The summed E-state index contributed by atoms with van der Waals surface area (Å²) < 4.78 is 51.7. The van der Waals surface area contributed by atoms with Gasteiger partial charge in [0.05, 0.1) is 29.2 Å². The van der Waals surface area contributed by atoms with E-state index in [1.54, 1.807) is 24.3 Å². The van der Waals surface area contributed by atoms with Gasteiger partial charge in [0.25, 0.3) is 0 Å². The van der Waals surface area contributed by atoms with E-state index in [4.69, 9.17) is 21.1 Å². The molecule has 0 spiro atoms. The number of hydrogen-bond donors (Lipinski definition) is 1. The number of pyridine rings is 3. The molecule has 0 saturated carbocycles. The van der Waals surface area contributed by atoms with Crippen LogP contribution in [0, 0.1) is 0 Å². The molecule has 1 aromatic carbocycles. The highest BCUT2D eigenvalue weighted by Crippen LogP contribution is 2.47. The van der Waals surface area contributed by atoms with Crippen LogP contribution in [0.5, 0.6) is 11.5 Å². The van der Waals surface area contributed by atoms with Crippen molar-refractivity contribution in [2.45, 2.75) is 12.8 Å². The van der Waals surface area contributed by atoms with Gasteiger partial charge in [0, 0.05) is 23.7 Å². The topological polar surface area (TPSA) is 69.2 Å². The second kappa shape index (κ2) is 7.61. The lowest BCUT2D eigenvalue weighted by Crippen LogP contribution is -2.10. The molecule has 162 valence electrons. The largest absolute Gasteiger partial charge is 0.451 e. The van der Waals surface area contributed by atoms with E-state index in [2.05, 4.69) is 20.3 Å². The fourth-order valence-corrected chi connectivity index (χ4v) is 3.72. The average Bonchev–Trinajstić information content (AvgIpc) is 2.77. The van der Waals surface area contributed by atoms with Crippen LogP contribution < -0.4 is 10.1 Å². The van der Waals surface area contributed by atoms with Crippen LogP contribution in [0.2, 0.25) is 5.02 Å². The zero-order chi connectivity index (χ0) is 22.5. The van der Waals surface area contributed by atoms with E-state index >= 15 is 0 Å². The number of nitrogens with zero attached hydrogens (tertiary/aromatic N) is 3. The van der Waals surface area contributed by atoms with Crippen LogP contribution in [0.4, 0.5) is 24.5 Å². The fraction of sp³-hybridized carbons (Fsp3) is 0.136. The van der Waals surface area contributed by atoms with Crippen molar-refractivity contribution in [2.24, 2.45) is 0 Å². The van der Waals surface area contributed by atoms with Crippen LogP contribution in [0.1, 0.15) is 11.3 Å². The summed E-state index contributed by atoms with van der Waals surface area (Å²) in [7, 11) is 1.51. The van der Waals surface area contributed by atoms with Gasteiger partial charge in [-0.15, -0.1) is 0 Å². The van der Waals surface area contributed by atoms with Crippen LogP contribution in [-0.4, -0.2) is 22.1 Å². The van der Waals surface area contributed by atoms with Crippen molar-refractivity contribution >= 4 is 34.0 Å². The highest BCUT2D eigenvalue weighted by atomic mass is 35.5. The Hall–Kier alpha value is -3.43. The van der Waals surface area contributed by atoms with Crippen LogP contribution in [-0.2, 0) is 17.5 Å². The SMILES string of the molecule is COCc1nc2nc(-c3ncccc3C(F)(F)F)ccc2c2c1Oc1ccc(Cl)cc1N2. The molecule has 0 fully saturated rings. The first-order chi connectivity index (χ1) is 15.3. The minimum absolute atomic E-state index is 0.0569. The Morgan fingerprint density at radius 3 is 2.75 bits per heavy atom. The molecule has 1 N–H and O–H groups in total. The summed E-state index contributed by atoms with van der Waals surface area (Å²) in [6, 6.07) is 10.5. The Morgan fingerprint density at radius 2 is 1.97 bits per heavy atom. The van der Waals surface area contributed by atoms with Gasteiger partial charge in [-0.2, -0.15) is 13.2 Å². The molecule has 4 heterocycles. The molecule has 0 amide bonds. The Bertz CT molecular complexity index is 1360. The number of benzene rings is 1. The molecule has 6 nitrogen and oxygen atoms in total. The summed E-state index contributed by atoms with van der Waals surface area (Å²) in [5, 5.41) is 4.37. The van der Waals surface area contributed by atoms with Crippen molar-refractivity contribution in [2.75, 3.05) is 12.4 Å². The number of alkyl halides is 3. The number of methoxy groups -OCH3 is 1. The molecule has 1 aliphatic heterocycles. The predicted octanol–water partition coefficient (Wildman–Crippen LogP) is 6.36. The molecule has 3 aromatic heterocycles. The van der Waals surface area contributed by atoms with E-state index in [9.17, 15) is 13.2 Å². The maximum Gasteiger partial charge on any atom is 0.418 e. The summed E-state index contributed by atoms with van der Waals surface area (Å²) in [5.74, 6) is 1.02. The van der Waals surface area contributed by atoms with E-state index in [-0.39, 0.29) is 23.6 Å². The third-order valence-electron chi connectivity index (χ3n) is 4.92. The molecular formula is C22H14ClF3N4O2. The summed E-state index contributed by atoms with van der Waals surface area (Å²) in [6.45, 7) is 0.117. The number of halogens is 4. The molecule has 0 bridgehead atoms. The van der Waals surface area contributed by atoms with Gasteiger partial charge in [-0.05, 0) is 42.5 Å². The van der Waals surface area contributed by atoms with E-state index < -0.39 is 11.7 Å². The van der Waals surface area contributed by atoms with Gasteiger partial charge in [-0.1, -0.05) is 11.6 Å². The standard InChI is InChI=1S/C22H14ClF3N4O2/c1-31-10-16-20-18(28-15-9-11(23)4-7-17(15)32-20)12-5-6-14(29-21(12)30-16)19-13(22(24,25)26)3-2-8-27-19/h2-9,28H,10H2,1H3. The highest BCUT2D eigenvalue weighted by Gasteiger charge is 2.35. The molecule has 10 heteroatoms. The van der Waals surface area contributed by atoms with E-state index in [1.165, 1.54) is 25.4 Å². The Labute approximate surface area is 185 Å². The summed E-state index contributed by atoms with van der Waals surface area (Å²) in [5.41, 5.74) is 0.824. The van der Waals surface area contributed by atoms with Crippen LogP contribution in [0.3, 0.4) is 0 Å². The van der Waals surface area contributed by atoms with Gasteiger partial charge in [-0.3, -0.25) is 4.98 Å². The minimum Gasteiger partial charge on any atom is -0.451 e. The summed E-state index contributed by atoms with van der Waals surface area (Å²) in [6.07, 6.45) is -3.27. The normalized spacial score (nSPS) is 12.7. The number of aromatic nitrogens is 3. The number of ether oxygens (including phenoxy) is 2. The molecule has 0 radical (unpaired) electrons. The number of rotatable bonds is 3. The highest BCUT2D eigenvalue weighted by molar-refractivity contribution is 6.31. The first-order valence-corrected chi connectivity index (χ1v) is 9.82. The summed E-state index contributed by atoms with van der Waals surface area (Å²) >= 11 is 6.10. The monoisotopic (exact) mass is 458 g/mol. The van der Waals surface area contributed by atoms with E-state index in [0.29, 0.717) is 39.0 Å². The van der Waals surface area contributed by atoms with E-state index in [1.807, 2.05) is 0 Å². The van der Waals surface area contributed by atoms with Crippen LogP contribution >= 0.6 is 11.6 Å². The van der Waals surface area contributed by atoms with Crippen molar-refractivity contribution < 1.29 is 22.6 Å². The minimum atomic E-state index is -4.57. The number of hydrogen-bond acceptors (Lipinski definition) is 6. The predicted molar refractivity (Wildman–Crippen MR) is 113 cm³/mol. The van der Waals surface area contributed by atoms with Gasteiger partial charge in [-0.25, -0.2) is 9.97 Å². The Balaban J connectivity index is 1.70. The molecular weight excluding hydrogens is 445 g/mol. The lowest BCUT2D eigenvalue weighted by atomic mass is 10.1. The average molecular weight is 459 g/mol. The van der Waals surface area contributed by atoms with Crippen molar-refractivity contribution in [1.82, 2.24) is 15.0 Å². The number of nitrogens with one attached hydrogen (secondary N) is 1. The third kappa shape index (κ3) is 3.49. The second-order valence-electron chi connectivity index (χ2n) is 7.03. The third-order valence-corrected chi connectivity index (χ3v) is 5.16. The number of fused-ring (bicyclic) bond motifs is 4. The maximum absolute atomic E-state index is 13.5. The Kier molecular flexibility index (Phi) is 4.87. The van der Waals surface area contributed by atoms with Crippen molar-refractivity contribution in [3.05, 3.63) is 64.9 Å². The first kappa shape index (κ1) is 20.5. The second-order valence-corrected chi connectivity index (χ2v) is 7.46. The number of anilines is 2. The quantitative estimate of drug-likeness (QED) is 0.339. The smallest absolute Gasteiger partial charge is 0.418 e. The summed E-state index contributed by atoms with van der Waals surface area (Å²) in [4.78, 5) is 12.8. The molecule has 5 rings (SSSR count). The lowest BCUT2D eigenvalue weighted by molar-refractivity contribution is -0.137. The van der Waals surface area contributed by atoms with Gasteiger partial charge < -0.3 is 14.8 Å². The van der Waals surface area contributed by atoms with Crippen molar-refractivity contribution in [3.8, 4) is 22.9 Å². The maximum atomic E-state index is 13.5. The van der Waals surface area contributed by atoms with Gasteiger partial charge in [0.1, 0.15) is 11.4 Å². The molecule has 0 saturated heterocycles. The van der Waals surface area contributed by atoms with Crippen LogP contribution in [0.15, 0.2) is 48.7 Å².